The Morgan fingerprint density at radius 2 is 1.82 bits per heavy atom. The van der Waals surface area contributed by atoms with E-state index in [1.54, 1.807) is 12.1 Å². The van der Waals surface area contributed by atoms with E-state index in [1.165, 1.54) is 36.3 Å². The van der Waals surface area contributed by atoms with Gasteiger partial charge in [-0.3, -0.25) is 19.3 Å². The highest BCUT2D eigenvalue weighted by molar-refractivity contribution is 7.09. The highest BCUT2D eigenvalue weighted by Crippen LogP contribution is 2.39. The lowest BCUT2D eigenvalue weighted by Gasteiger charge is -2.34. The van der Waals surface area contributed by atoms with E-state index in [2.05, 4.69) is 9.69 Å². The van der Waals surface area contributed by atoms with Gasteiger partial charge in [0.25, 0.3) is 11.8 Å². The lowest BCUT2D eigenvalue weighted by Crippen LogP contribution is -2.47. The summed E-state index contributed by atoms with van der Waals surface area (Å²) in [7, 11) is 1.46. The molecule has 1 aromatic heterocycles. The van der Waals surface area contributed by atoms with E-state index in [0.717, 1.165) is 37.7 Å². The second kappa shape index (κ2) is 11.6. The summed E-state index contributed by atoms with van der Waals surface area (Å²) in [6.45, 7) is 1.84. The second-order valence-electron chi connectivity index (χ2n) is 9.29. The molecule has 5 N–H and O–H groups in total. The van der Waals surface area contributed by atoms with E-state index in [9.17, 15) is 18.8 Å². The third kappa shape index (κ3) is 5.62. The number of hydrogen-bond acceptors (Lipinski definition) is 7. The minimum Gasteiger partial charge on any atom is -0.495 e. The number of amides is 3. The van der Waals surface area contributed by atoms with E-state index in [1.807, 2.05) is 13.0 Å². The molecule has 3 aromatic rings. The van der Waals surface area contributed by atoms with Crippen LogP contribution in [0.25, 0.3) is 0 Å². The fourth-order valence-electron chi connectivity index (χ4n) is 4.68. The molecule has 0 aliphatic heterocycles. The summed E-state index contributed by atoms with van der Waals surface area (Å²) >= 11 is 0.716. The first-order chi connectivity index (χ1) is 18.2. The van der Waals surface area contributed by atoms with Crippen molar-refractivity contribution in [3.8, 4) is 5.75 Å². The molecule has 4 rings (SSSR count). The molecule has 0 unspecified atom stereocenters. The zero-order valence-corrected chi connectivity index (χ0v) is 22.0. The number of rotatable bonds is 8. The molecule has 0 saturated heterocycles. The van der Waals surface area contributed by atoms with Gasteiger partial charge in [0.15, 0.2) is 5.69 Å². The van der Waals surface area contributed by atoms with Crippen molar-refractivity contribution in [2.24, 2.45) is 5.73 Å². The van der Waals surface area contributed by atoms with Gasteiger partial charge < -0.3 is 21.5 Å². The molecule has 200 valence electrons. The van der Waals surface area contributed by atoms with E-state index in [4.69, 9.17) is 16.2 Å². The van der Waals surface area contributed by atoms with Crippen LogP contribution in [0.15, 0.2) is 42.5 Å². The standard InChI is InChI=1S/C27H30FN5O4S/c1-15-8-13-20(37-2)19(14-15)33(27(36)24-21(29)22(25(30)34)32-38-24)23(16-9-11-17(28)12-10-16)26(35)31-18-6-4-3-5-7-18/h8-14,18,23H,3-7,29H2,1-2H3,(H2,30,34)(H,31,35)/t23-/m0/s1. The van der Waals surface area contributed by atoms with Crippen LogP contribution in [0.1, 0.15) is 69.4 Å². The number of carbonyl (C=O) groups is 3. The normalized spacial score (nSPS) is 14.5. The van der Waals surface area contributed by atoms with E-state index >= 15 is 0 Å². The topological polar surface area (TPSA) is 141 Å². The van der Waals surface area contributed by atoms with Crippen molar-refractivity contribution in [3.05, 3.63) is 70.0 Å². The number of nitrogen functional groups attached to an aromatic ring is 1. The first-order valence-corrected chi connectivity index (χ1v) is 13.1. The van der Waals surface area contributed by atoms with E-state index in [0.29, 0.717) is 28.5 Å². The van der Waals surface area contributed by atoms with Crippen LogP contribution in [0.3, 0.4) is 0 Å². The number of benzene rings is 2. The summed E-state index contributed by atoms with van der Waals surface area (Å²) in [4.78, 5) is 41.2. The zero-order valence-electron chi connectivity index (χ0n) is 21.2. The number of nitrogens with zero attached hydrogens (tertiary/aromatic N) is 2. The van der Waals surface area contributed by atoms with Crippen LogP contribution >= 0.6 is 11.5 Å². The number of carbonyl (C=O) groups excluding carboxylic acids is 3. The molecule has 11 heteroatoms. The molecule has 0 bridgehead atoms. The molecule has 1 aliphatic rings. The molecule has 1 atom stereocenters. The van der Waals surface area contributed by atoms with Crippen molar-refractivity contribution in [2.45, 2.75) is 51.1 Å². The summed E-state index contributed by atoms with van der Waals surface area (Å²) in [5, 5.41) is 3.09. The molecule has 1 saturated carbocycles. The second-order valence-corrected chi connectivity index (χ2v) is 10.1. The Morgan fingerprint density at radius 1 is 1.13 bits per heavy atom. The third-order valence-corrected chi connectivity index (χ3v) is 7.46. The first-order valence-electron chi connectivity index (χ1n) is 12.3. The molecule has 1 fully saturated rings. The van der Waals surface area contributed by atoms with Gasteiger partial charge in [0.1, 0.15) is 22.5 Å². The summed E-state index contributed by atoms with van der Waals surface area (Å²) in [6.07, 6.45) is 4.74. The van der Waals surface area contributed by atoms with Crippen LogP contribution in [-0.4, -0.2) is 35.2 Å². The molecule has 9 nitrogen and oxygen atoms in total. The predicted octanol–water partition coefficient (Wildman–Crippen LogP) is 4.12. The van der Waals surface area contributed by atoms with Gasteiger partial charge in [0.05, 0.1) is 18.5 Å². The van der Waals surface area contributed by atoms with Crippen molar-refractivity contribution in [1.82, 2.24) is 9.69 Å². The Balaban J connectivity index is 1.90. The Hall–Kier alpha value is -3.99. The van der Waals surface area contributed by atoms with Gasteiger partial charge in [0, 0.05) is 6.04 Å². The Bertz CT molecular complexity index is 1340. The van der Waals surface area contributed by atoms with Crippen LogP contribution in [-0.2, 0) is 4.79 Å². The fraction of sp³-hybridized carbons (Fsp3) is 0.333. The summed E-state index contributed by atoms with van der Waals surface area (Å²) in [5.74, 6) is -2.13. The van der Waals surface area contributed by atoms with Gasteiger partial charge in [-0.15, -0.1) is 0 Å². The monoisotopic (exact) mass is 539 g/mol. The number of anilines is 2. The molecule has 1 heterocycles. The lowest BCUT2D eigenvalue weighted by atomic mass is 9.94. The van der Waals surface area contributed by atoms with Gasteiger partial charge in [-0.2, -0.15) is 4.37 Å². The number of ether oxygens (including phenoxy) is 1. The van der Waals surface area contributed by atoms with Crippen molar-refractivity contribution < 1.29 is 23.5 Å². The zero-order chi connectivity index (χ0) is 27.4. The summed E-state index contributed by atoms with van der Waals surface area (Å²) in [6, 6.07) is 9.36. The van der Waals surface area contributed by atoms with E-state index < -0.39 is 29.6 Å². The number of methoxy groups -OCH3 is 1. The van der Waals surface area contributed by atoms with Gasteiger partial charge in [0.2, 0.25) is 5.91 Å². The molecule has 0 spiro atoms. The van der Waals surface area contributed by atoms with Gasteiger partial charge in [-0.1, -0.05) is 37.5 Å². The van der Waals surface area contributed by atoms with Gasteiger partial charge in [-0.25, -0.2) is 4.39 Å². The molecule has 1 aliphatic carbocycles. The number of hydrogen-bond donors (Lipinski definition) is 3. The summed E-state index contributed by atoms with van der Waals surface area (Å²) < 4.78 is 23.4. The fourth-order valence-corrected chi connectivity index (χ4v) is 5.42. The lowest BCUT2D eigenvalue weighted by molar-refractivity contribution is -0.123. The van der Waals surface area contributed by atoms with Crippen LogP contribution < -0.4 is 26.4 Å². The number of aromatic nitrogens is 1. The Labute approximate surface area is 224 Å². The van der Waals surface area contributed by atoms with Crippen LogP contribution in [0, 0.1) is 12.7 Å². The number of primary amides is 1. The minimum atomic E-state index is -1.21. The van der Waals surface area contributed by atoms with Crippen LogP contribution in [0.2, 0.25) is 0 Å². The largest absolute Gasteiger partial charge is 0.495 e. The van der Waals surface area contributed by atoms with Gasteiger partial charge >= 0.3 is 0 Å². The molecule has 3 amide bonds. The highest BCUT2D eigenvalue weighted by atomic mass is 32.1. The third-order valence-electron chi connectivity index (χ3n) is 6.61. The smallest absolute Gasteiger partial charge is 0.273 e. The molecule has 38 heavy (non-hydrogen) atoms. The summed E-state index contributed by atoms with van der Waals surface area (Å²) in [5.41, 5.74) is 12.6. The Morgan fingerprint density at radius 3 is 2.42 bits per heavy atom. The van der Waals surface area contributed by atoms with Crippen molar-refractivity contribution in [2.75, 3.05) is 17.7 Å². The predicted molar refractivity (Wildman–Crippen MR) is 144 cm³/mol. The number of halogens is 1. The maximum Gasteiger partial charge on any atom is 0.273 e. The number of aryl methyl sites for hydroxylation is 1. The van der Waals surface area contributed by atoms with E-state index in [-0.39, 0.29) is 22.3 Å². The quantitative estimate of drug-likeness (QED) is 0.393. The van der Waals surface area contributed by atoms with Gasteiger partial charge in [-0.05, 0) is 66.7 Å². The Kier molecular flexibility index (Phi) is 8.26. The number of nitrogens with two attached hydrogens (primary N) is 2. The van der Waals surface area contributed by atoms with Crippen LogP contribution in [0.4, 0.5) is 15.8 Å². The van der Waals surface area contributed by atoms with Crippen molar-refractivity contribution in [1.29, 1.82) is 0 Å². The van der Waals surface area contributed by atoms with Crippen molar-refractivity contribution in [3.63, 3.8) is 0 Å². The number of nitrogens with one attached hydrogen (secondary N) is 1. The molecular weight excluding hydrogens is 509 g/mol. The maximum absolute atomic E-state index is 14.2. The SMILES string of the molecule is COc1ccc(C)cc1N(C(=O)c1snc(C(N)=O)c1N)[C@H](C(=O)NC1CCCCC1)c1ccc(F)cc1. The highest BCUT2D eigenvalue weighted by Gasteiger charge is 2.38. The molecule has 2 aromatic carbocycles. The molecule has 0 radical (unpaired) electrons. The molecular formula is C27H30FN5O4S. The van der Waals surface area contributed by atoms with Crippen LogP contribution in [0.5, 0.6) is 5.75 Å². The minimum absolute atomic E-state index is 0.0505. The average molecular weight is 540 g/mol. The first kappa shape index (κ1) is 27.1. The maximum atomic E-state index is 14.2. The van der Waals surface area contributed by atoms with Crippen molar-refractivity contribution >= 4 is 40.6 Å². The average Bonchev–Trinajstić information content (AvgIpc) is 3.29.